The van der Waals surface area contributed by atoms with E-state index in [1.54, 1.807) is 54.6 Å². The molecule has 0 spiro atoms. The highest BCUT2D eigenvalue weighted by Gasteiger charge is 2.16. The van der Waals surface area contributed by atoms with Crippen molar-refractivity contribution in [1.82, 2.24) is 0 Å². The summed E-state index contributed by atoms with van der Waals surface area (Å²) in [6, 6.07) is 20.2. The molecular weight excluding hydrogens is 361 g/mol. The second-order valence-electron chi connectivity index (χ2n) is 5.88. The van der Waals surface area contributed by atoms with Gasteiger partial charge >= 0.3 is 5.97 Å². The van der Waals surface area contributed by atoms with Crippen LogP contribution in [0.5, 0.6) is 0 Å². The minimum atomic E-state index is -0.816. The van der Waals surface area contributed by atoms with Crippen LogP contribution in [0.4, 0.5) is 10.1 Å². The highest BCUT2D eigenvalue weighted by molar-refractivity contribution is 6.13. The molecule has 0 saturated carbocycles. The molecule has 0 aliphatic rings. The average Bonchev–Trinajstić information content (AvgIpc) is 2.72. The van der Waals surface area contributed by atoms with Crippen LogP contribution in [0, 0.1) is 5.82 Å². The molecule has 0 aliphatic heterocycles. The van der Waals surface area contributed by atoms with Gasteiger partial charge in [-0.1, -0.05) is 48.5 Å². The van der Waals surface area contributed by atoms with E-state index < -0.39 is 24.3 Å². The van der Waals surface area contributed by atoms with Crippen molar-refractivity contribution in [2.75, 3.05) is 11.9 Å². The van der Waals surface area contributed by atoms with Gasteiger partial charge in [-0.25, -0.2) is 9.18 Å². The third-order valence-corrected chi connectivity index (χ3v) is 3.88. The van der Waals surface area contributed by atoms with Crippen molar-refractivity contribution < 1.29 is 23.5 Å². The maximum absolute atomic E-state index is 13.2. The third-order valence-electron chi connectivity index (χ3n) is 3.88. The van der Waals surface area contributed by atoms with Gasteiger partial charge in [-0.15, -0.1) is 0 Å². The predicted molar refractivity (Wildman–Crippen MR) is 102 cm³/mol. The highest BCUT2D eigenvalue weighted by Crippen LogP contribution is 2.19. The number of hydrogen-bond acceptors (Lipinski definition) is 4. The van der Waals surface area contributed by atoms with Gasteiger partial charge in [0, 0.05) is 11.1 Å². The fraction of sp³-hybridized carbons (Fsp3) is 0.0455. The smallest absolute Gasteiger partial charge is 0.338 e. The summed E-state index contributed by atoms with van der Waals surface area (Å²) in [6.07, 6.45) is 0. The number of carbonyl (C=O) groups is 3. The van der Waals surface area contributed by atoms with Crippen LogP contribution in [0.2, 0.25) is 0 Å². The van der Waals surface area contributed by atoms with Crippen LogP contribution in [0.1, 0.15) is 26.3 Å². The molecule has 3 aromatic carbocycles. The van der Waals surface area contributed by atoms with E-state index in [9.17, 15) is 18.8 Å². The Bertz CT molecular complexity index is 1020. The quantitative estimate of drug-likeness (QED) is 0.523. The second-order valence-corrected chi connectivity index (χ2v) is 5.88. The summed E-state index contributed by atoms with van der Waals surface area (Å²) in [6.45, 7) is -0.566. The number of hydrogen-bond donors (Lipinski definition) is 1. The van der Waals surface area contributed by atoms with Gasteiger partial charge in [-0.2, -0.15) is 0 Å². The molecule has 0 bridgehead atoms. The van der Waals surface area contributed by atoms with E-state index in [0.717, 1.165) is 6.07 Å². The molecule has 0 fully saturated rings. The number of halogens is 1. The van der Waals surface area contributed by atoms with Gasteiger partial charge < -0.3 is 10.1 Å². The number of amides is 1. The maximum atomic E-state index is 13.2. The van der Waals surface area contributed by atoms with Crippen LogP contribution in [0.25, 0.3) is 0 Å². The molecule has 0 atom stereocenters. The zero-order valence-corrected chi connectivity index (χ0v) is 14.7. The Balaban J connectivity index is 1.66. The first-order valence-corrected chi connectivity index (χ1v) is 8.46. The largest absolute Gasteiger partial charge is 0.452 e. The predicted octanol–water partition coefficient (Wildman–Crippen LogP) is 3.85. The van der Waals surface area contributed by atoms with Crippen molar-refractivity contribution in [3.8, 4) is 0 Å². The lowest BCUT2D eigenvalue weighted by Gasteiger charge is -2.11. The first-order chi connectivity index (χ1) is 13.5. The molecule has 1 amide bonds. The number of nitrogens with one attached hydrogen (secondary N) is 1. The molecule has 0 aromatic heterocycles. The first-order valence-electron chi connectivity index (χ1n) is 8.46. The number of anilines is 1. The summed E-state index contributed by atoms with van der Waals surface area (Å²) in [4.78, 5) is 36.7. The summed E-state index contributed by atoms with van der Waals surface area (Å²) in [5, 5.41) is 2.57. The fourth-order valence-electron chi connectivity index (χ4n) is 2.55. The van der Waals surface area contributed by atoms with Gasteiger partial charge in [0.2, 0.25) is 0 Å². The normalized spacial score (nSPS) is 10.2. The zero-order valence-electron chi connectivity index (χ0n) is 14.7. The molecule has 0 radical (unpaired) electrons. The molecule has 5 nitrogen and oxygen atoms in total. The van der Waals surface area contributed by atoms with Crippen molar-refractivity contribution in [2.45, 2.75) is 0 Å². The SMILES string of the molecule is O=C(COC(=O)c1cccc(F)c1)Nc1ccccc1C(=O)c1ccccc1. The van der Waals surface area contributed by atoms with Gasteiger partial charge in [-0.05, 0) is 30.3 Å². The van der Waals surface area contributed by atoms with E-state index in [2.05, 4.69) is 5.32 Å². The third kappa shape index (κ3) is 4.67. The van der Waals surface area contributed by atoms with Crippen molar-refractivity contribution >= 4 is 23.3 Å². The van der Waals surface area contributed by atoms with Gasteiger partial charge in [0.15, 0.2) is 12.4 Å². The number of para-hydroxylation sites is 1. The molecule has 1 N–H and O–H groups in total. The molecule has 3 rings (SSSR count). The van der Waals surface area contributed by atoms with Gasteiger partial charge in [0.05, 0.1) is 11.3 Å². The minimum absolute atomic E-state index is 0.00690. The average molecular weight is 377 g/mol. The lowest BCUT2D eigenvalue weighted by molar-refractivity contribution is -0.119. The van der Waals surface area contributed by atoms with E-state index in [-0.39, 0.29) is 11.3 Å². The number of carbonyl (C=O) groups excluding carboxylic acids is 3. The van der Waals surface area contributed by atoms with E-state index in [1.165, 1.54) is 18.2 Å². The minimum Gasteiger partial charge on any atom is -0.452 e. The lowest BCUT2D eigenvalue weighted by Crippen LogP contribution is -2.22. The van der Waals surface area contributed by atoms with Crippen molar-refractivity contribution in [2.24, 2.45) is 0 Å². The summed E-state index contributed by atoms with van der Waals surface area (Å²) >= 11 is 0. The van der Waals surface area contributed by atoms with Crippen LogP contribution in [-0.4, -0.2) is 24.3 Å². The van der Waals surface area contributed by atoms with E-state index in [0.29, 0.717) is 16.8 Å². The Morgan fingerprint density at radius 2 is 1.50 bits per heavy atom. The van der Waals surface area contributed by atoms with E-state index >= 15 is 0 Å². The number of ether oxygens (including phenoxy) is 1. The second kappa shape index (κ2) is 8.73. The monoisotopic (exact) mass is 377 g/mol. The highest BCUT2D eigenvalue weighted by atomic mass is 19.1. The van der Waals surface area contributed by atoms with Crippen LogP contribution in [-0.2, 0) is 9.53 Å². The molecule has 0 heterocycles. The van der Waals surface area contributed by atoms with Crippen molar-refractivity contribution in [1.29, 1.82) is 0 Å². The molecule has 140 valence electrons. The number of esters is 1. The van der Waals surface area contributed by atoms with Gasteiger partial charge in [0.1, 0.15) is 5.82 Å². The molecule has 6 heteroatoms. The maximum Gasteiger partial charge on any atom is 0.338 e. The van der Waals surface area contributed by atoms with E-state index in [1.807, 2.05) is 0 Å². The van der Waals surface area contributed by atoms with Crippen molar-refractivity contribution in [3.05, 3.63) is 101 Å². The summed E-state index contributed by atoms with van der Waals surface area (Å²) in [7, 11) is 0. The summed E-state index contributed by atoms with van der Waals surface area (Å²) in [5.41, 5.74) is 1.12. The molecule has 0 aliphatic carbocycles. The van der Waals surface area contributed by atoms with Crippen LogP contribution >= 0.6 is 0 Å². The van der Waals surface area contributed by atoms with Crippen molar-refractivity contribution in [3.63, 3.8) is 0 Å². The molecule has 0 unspecified atom stereocenters. The Kier molecular flexibility index (Phi) is 5.91. The Morgan fingerprint density at radius 3 is 2.25 bits per heavy atom. The standard InChI is InChI=1S/C22H16FNO4/c23-17-10-6-9-16(13-17)22(27)28-14-20(25)24-19-12-5-4-11-18(19)21(26)15-7-2-1-3-8-15/h1-13H,14H2,(H,24,25). The Hall–Kier alpha value is -3.80. The van der Waals surface area contributed by atoms with Gasteiger partial charge in [0.25, 0.3) is 5.91 Å². The van der Waals surface area contributed by atoms with Crippen LogP contribution < -0.4 is 5.32 Å². The van der Waals surface area contributed by atoms with Crippen LogP contribution in [0.3, 0.4) is 0 Å². The molecular formula is C22H16FNO4. The summed E-state index contributed by atoms with van der Waals surface area (Å²) in [5.74, 6) is -2.25. The number of benzene rings is 3. The molecule has 28 heavy (non-hydrogen) atoms. The Labute approximate surface area is 160 Å². The van der Waals surface area contributed by atoms with Gasteiger partial charge in [-0.3, -0.25) is 9.59 Å². The summed E-state index contributed by atoms with van der Waals surface area (Å²) < 4.78 is 18.1. The number of ketones is 1. The van der Waals surface area contributed by atoms with Crippen LogP contribution in [0.15, 0.2) is 78.9 Å². The number of rotatable bonds is 6. The zero-order chi connectivity index (χ0) is 19.9. The lowest BCUT2D eigenvalue weighted by atomic mass is 10.0. The molecule has 0 saturated heterocycles. The molecule has 3 aromatic rings. The topological polar surface area (TPSA) is 72.5 Å². The fourth-order valence-corrected chi connectivity index (χ4v) is 2.55. The first kappa shape index (κ1) is 19.0. The Morgan fingerprint density at radius 1 is 0.821 bits per heavy atom. The van der Waals surface area contributed by atoms with E-state index in [4.69, 9.17) is 4.74 Å².